The van der Waals surface area contributed by atoms with E-state index >= 15 is 0 Å². The summed E-state index contributed by atoms with van der Waals surface area (Å²) in [6.07, 6.45) is 5.42. The van der Waals surface area contributed by atoms with Crippen LogP contribution >= 0.6 is 0 Å². The Hall–Kier alpha value is -1.84. The third kappa shape index (κ3) is 2.10. The molecule has 0 amide bonds. The number of hydrogen-bond acceptors (Lipinski definition) is 3. The second kappa shape index (κ2) is 4.41. The molecule has 1 rings (SSSR count). The van der Waals surface area contributed by atoms with Crippen molar-refractivity contribution in [2.75, 3.05) is 7.11 Å². The maximum Gasteiger partial charge on any atom is 0.354 e. The van der Waals surface area contributed by atoms with Gasteiger partial charge < -0.3 is 9.30 Å². The zero-order valence-corrected chi connectivity index (χ0v) is 8.06. The summed E-state index contributed by atoms with van der Waals surface area (Å²) < 4.78 is 6.23. The largest absolute Gasteiger partial charge is 0.464 e. The van der Waals surface area contributed by atoms with Crippen LogP contribution in [0.25, 0.3) is 6.08 Å². The van der Waals surface area contributed by atoms with Gasteiger partial charge in [0.25, 0.3) is 0 Å². The Morgan fingerprint density at radius 1 is 1.57 bits per heavy atom. The number of aryl methyl sites for hydroxylation is 1. The molecule has 1 aromatic rings. The summed E-state index contributed by atoms with van der Waals surface area (Å²) in [5, 5.41) is 0. The van der Waals surface area contributed by atoms with Crippen molar-refractivity contribution < 1.29 is 14.3 Å². The minimum Gasteiger partial charge on any atom is -0.464 e. The molecule has 0 saturated heterocycles. The predicted octanol–water partition coefficient (Wildman–Crippen LogP) is 1.02. The van der Waals surface area contributed by atoms with Crippen LogP contribution < -0.4 is 0 Å². The summed E-state index contributed by atoms with van der Waals surface area (Å²) in [5.74, 6) is -0.391. The fourth-order valence-corrected chi connectivity index (χ4v) is 1.14. The first kappa shape index (κ1) is 10.2. The van der Waals surface area contributed by atoms with E-state index < -0.39 is 5.97 Å². The lowest BCUT2D eigenvalue weighted by molar-refractivity contribution is -0.104. The molecule has 14 heavy (non-hydrogen) atoms. The molecule has 0 unspecified atom stereocenters. The van der Waals surface area contributed by atoms with Gasteiger partial charge in [-0.15, -0.1) is 0 Å². The average Bonchev–Trinajstić information content (AvgIpc) is 2.55. The lowest BCUT2D eigenvalue weighted by atomic mass is 10.3. The van der Waals surface area contributed by atoms with Crippen molar-refractivity contribution in [3.8, 4) is 0 Å². The highest BCUT2D eigenvalue weighted by Crippen LogP contribution is 2.09. The first-order valence-electron chi connectivity index (χ1n) is 4.05. The third-order valence-electron chi connectivity index (χ3n) is 1.79. The van der Waals surface area contributed by atoms with Crippen LogP contribution in [-0.4, -0.2) is 23.9 Å². The lowest BCUT2D eigenvalue weighted by Crippen LogP contribution is -2.06. The van der Waals surface area contributed by atoms with Crippen LogP contribution in [0, 0.1) is 0 Å². The number of nitrogens with zero attached hydrogens (tertiary/aromatic N) is 1. The number of allylic oxidation sites excluding steroid dienone is 1. The van der Waals surface area contributed by atoms with Crippen molar-refractivity contribution >= 4 is 18.3 Å². The van der Waals surface area contributed by atoms with E-state index in [0.29, 0.717) is 12.0 Å². The van der Waals surface area contributed by atoms with Gasteiger partial charge in [-0.05, 0) is 17.7 Å². The van der Waals surface area contributed by atoms with Crippen LogP contribution in [0.4, 0.5) is 0 Å². The standard InChI is InChI=1S/C10H11NO3/c1-11-7-8(4-3-5-12)6-9(11)10(13)14-2/h3-7H,1-2H3/b4-3+. The molecule has 0 aromatic carbocycles. The number of methoxy groups -OCH3 is 1. The van der Waals surface area contributed by atoms with E-state index in [1.54, 1.807) is 30.0 Å². The van der Waals surface area contributed by atoms with Gasteiger partial charge in [-0.2, -0.15) is 0 Å². The van der Waals surface area contributed by atoms with Gasteiger partial charge in [-0.1, -0.05) is 6.08 Å². The van der Waals surface area contributed by atoms with Gasteiger partial charge in [0, 0.05) is 13.2 Å². The van der Waals surface area contributed by atoms with Crippen molar-refractivity contribution in [3.63, 3.8) is 0 Å². The Labute approximate surface area is 81.8 Å². The summed E-state index contributed by atoms with van der Waals surface area (Å²) in [7, 11) is 3.07. The second-order valence-electron chi connectivity index (χ2n) is 2.76. The molecule has 0 radical (unpaired) electrons. The molecule has 74 valence electrons. The molecule has 0 aliphatic rings. The van der Waals surface area contributed by atoms with Crippen LogP contribution in [0.2, 0.25) is 0 Å². The van der Waals surface area contributed by atoms with Gasteiger partial charge in [0.2, 0.25) is 0 Å². The van der Waals surface area contributed by atoms with Crippen molar-refractivity contribution in [1.82, 2.24) is 4.57 Å². The lowest BCUT2D eigenvalue weighted by Gasteiger charge is -1.98. The van der Waals surface area contributed by atoms with Crippen LogP contribution in [0.3, 0.4) is 0 Å². The average molecular weight is 193 g/mol. The number of aromatic nitrogens is 1. The number of esters is 1. The molecule has 0 aliphatic carbocycles. The molecule has 4 nitrogen and oxygen atoms in total. The van der Waals surface area contributed by atoms with Crippen LogP contribution in [-0.2, 0) is 16.6 Å². The summed E-state index contributed by atoms with van der Waals surface area (Å²) in [6.45, 7) is 0. The highest BCUT2D eigenvalue weighted by molar-refractivity contribution is 5.89. The van der Waals surface area contributed by atoms with E-state index in [4.69, 9.17) is 0 Å². The molecule has 1 heterocycles. The maximum atomic E-state index is 11.2. The number of ether oxygens (including phenoxy) is 1. The minimum atomic E-state index is -0.391. The quantitative estimate of drug-likeness (QED) is 0.409. The van der Waals surface area contributed by atoms with Crippen LogP contribution in [0.1, 0.15) is 16.1 Å². The monoisotopic (exact) mass is 193 g/mol. The third-order valence-corrected chi connectivity index (χ3v) is 1.79. The van der Waals surface area contributed by atoms with E-state index in [2.05, 4.69) is 4.74 Å². The van der Waals surface area contributed by atoms with Gasteiger partial charge in [0.1, 0.15) is 12.0 Å². The van der Waals surface area contributed by atoms with Crippen molar-refractivity contribution in [2.24, 2.45) is 7.05 Å². The fraction of sp³-hybridized carbons (Fsp3) is 0.200. The molecule has 0 aliphatic heterocycles. The molecule has 0 spiro atoms. The molecule has 0 saturated carbocycles. The van der Waals surface area contributed by atoms with Crippen LogP contribution in [0.5, 0.6) is 0 Å². The number of carbonyl (C=O) groups excluding carboxylic acids is 2. The number of rotatable bonds is 3. The van der Waals surface area contributed by atoms with E-state index in [1.165, 1.54) is 13.2 Å². The van der Waals surface area contributed by atoms with Gasteiger partial charge in [-0.3, -0.25) is 4.79 Å². The summed E-state index contributed by atoms with van der Waals surface area (Å²) in [6, 6.07) is 1.66. The van der Waals surface area contributed by atoms with E-state index in [9.17, 15) is 9.59 Å². The Morgan fingerprint density at radius 2 is 2.29 bits per heavy atom. The first-order chi connectivity index (χ1) is 6.69. The van der Waals surface area contributed by atoms with Crippen LogP contribution in [0.15, 0.2) is 18.3 Å². The predicted molar refractivity (Wildman–Crippen MR) is 51.9 cm³/mol. The van der Waals surface area contributed by atoms with Crippen molar-refractivity contribution in [1.29, 1.82) is 0 Å². The number of carbonyl (C=O) groups is 2. The van der Waals surface area contributed by atoms with Gasteiger partial charge in [0.05, 0.1) is 7.11 Å². The van der Waals surface area contributed by atoms with Gasteiger partial charge in [-0.25, -0.2) is 4.79 Å². The Balaban J connectivity index is 2.98. The molecule has 4 heteroatoms. The smallest absolute Gasteiger partial charge is 0.354 e. The zero-order chi connectivity index (χ0) is 10.6. The normalized spacial score (nSPS) is 10.4. The zero-order valence-electron chi connectivity index (χ0n) is 8.06. The Kier molecular flexibility index (Phi) is 3.23. The Bertz CT molecular complexity index is 377. The second-order valence-corrected chi connectivity index (χ2v) is 2.76. The summed E-state index contributed by atoms with van der Waals surface area (Å²) in [5.41, 5.74) is 1.25. The highest BCUT2D eigenvalue weighted by Gasteiger charge is 2.10. The van der Waals surface area contributed by atoms with Crippen molar-refractivity contribution in [2.45, 2.75) is 0 Å². The molecule has 1 aromatic heterocycles. The Morgan fingerprint density at radius 3 is 2.86 bits per heavy atom. The topological polar surface area (TPSA) is 48.3 Å². The molecule has 0 atom stereocenters. The van der Waals surface area contributed by atoms with Gasteiger partial charge in [0.15, 0.2) is 0 Å². The maximum absolute atomic E-state index is 11.2. The van der Waals surface area contributed by atoms with E-state index in [1.807, 2.05) is 0 Å². The number of aldehydes is 1. The molecule has 0 bridgehead atoms. The first-order valence-corrected chi connectivity index (χ1v) is 4.05. The minimum absolute atomic E-state index is 0.391. The molecule has 0 N–H and O–H groups in total. The SMILES string of the molecule is COC(=O)c1cc(/C=C/C=O)cn1C. The summed E-state index contributed by atoms with van der Waals surface area (Å²) >= 11 is 0. The van der Waals surface area contributed by atoms with E-state index in [-0.39, 0.29) is 0 Å². The van der Waals surface area contributed by atoms with Crippen molar-refractivity contribution in [3.05, 3.63) is 29.6 Å². The van der Waals surface area contributed by atoms with Gasteiger partial charge >= 0.3 is 5.97 Å². The van der Waals surface area contributed by atoms with E-state index in [0.717, 1.165) is 5.56 Å². The summed E-state index contributed by atoms with van der Waals surface area (Å²) in [4.78, 5) is 21.3. The fourth-order valence-electron chi connectivity index (χ4n) is 1.14. The molecular weight excluding hydrogens is 182 g/mol. The highest BCUT2D eigenvalue weighted by atomic mass is 16.5. The molecular formula is C10H11NO3. The number of hydrogen-bond donors (Lipinski definition) is 0. The molecule has 0 fully saturated rings.